The van der Waals surface area contributed by atoms with Crippen LogP contribution in [0.15, 0.2) is 66.7 Å². The number of aryl methyl sites for hydroxylation is 2. The summed E-state index contributed by atoms with van der Waals surface area (Å²) >= 11 is 0. The zero-order chi connectivity index (χ0) is 24.7. The number of hydrogen-bond acceptors (Lipinski definition) is 7. The van der Waals surface area contributed by atoms with E-state index >= 15 is 0 Å². The number of aromatic hydroxyl groups is 1. The molecule has 3 aromatic carbocycles. The van der Waals surface area contributed by atoms with Crippen LogP contribution in [0.3, 0.4) is 0 Å². The molecule has 1 atom stereocenters. The Bertz CT molecular complexity index is 1200. The summed E-state index contributed by atoms with van der Waals surface area (Å²) in [6.45, 7) is 1.70. The number of methoxy groups -OCH3 is 1. The second kappa shape index (κ2) is 11.0. The molecule has 3 aromatic rings. The fourth-order valence-corrected chi connectivity index (χ4v) is 3.33. The van der Waals surface area contributed by atoms with E-state index in [2.05, 4.69) is 5.32 Å². The number of amides is 1. The average molecular weight is 464 g/mol. The molecule has 0 aromatic heterocycles. The van der Waals surface area contributed by atoms with Crippen LogP contribution in [0.5, 0.6) is 11.5 Å². The van der Waals surface area contributed by atoms with Gasteiger partial charge in [0.1, 0.15) is 5.69 Å². The molecule has 34 heavy (non-hydrogen) atoms. The maximum Gasteiger partial charge on any atom is 0.307 e. The van der Waals surface area contributed by atoms with E-state index < -0.39 is 22.9 Å². The number of rotatable bonds is 9. The predicted molar refractivity (Wildman–Crippen MR) is 125 cm³/mol. The first-order chi connectivity index (χ1) is 16.3. The Balaban J connectivity index is 1.75. The van der Waals surface area contributed by atoms with Gasteiger partial charge in [-0.1, -0.05) is 42.5 Å². The summed E-state index contributed by atoms with van der Waals surface area (Å²) in [6, 6.07) is 17.6. The first-order valence-electron chi connectivity index (χ1n) is 10.4. The monoisotopic (exact) mass is 464 g/mol. The fraction of sp³-hybridized carbons (Fsp3) is 0.200. The Morgan fingerprint density at radius 3 is 2.47 bits per heavy atom. The number of ether oxygens (including phenoxy) is 2. The third-order valence-corrected chi connectivity index (χ3v) is 5.06. The molecule has 0 bridgehead atoms. The minimum atomic E-state index is -1.31. The number of nitrogens with one attached hydrogen (secondary N) is 1. The van der Waals surface area contributed by atoms with E-state index in [0.29, 0.717) is 22.4 Å². The molecule has 0 fully saturated rings. The number of carbonyl (C=O) groups is 2. The average Bonchev–Trinajstić information content (AvgIpc) is 2.82. The zero-order valence-electron chi connectivity index (χ0n) is 18.7. The van der Waals surface area contributed by atoms with Crippen LogP contribution in [0, 0.1) is 17.0 Å². The molecule has 9 heteroatoms. The third kappa shape index (κ3) is 6.10. The highest BCUT2D eigenvalue weighted by atomic mass is 16.6. The Kier molecular flexibility index (Phi) is 7.81. The molecule has 1 unspecified atom stereocenters. The largest absolute Gasteiger partial charge is 0.504 e. The van der Waals surface area contributed by atoms with Crippen molar-refractivity contribution in [3.05, 3.63) is 93.5 Å². The van der Waals surface area contributed by atoms with E-state index in [1.807, 2.05) is 0 Å². The third-order valence-electron chi connectivity index (χ3n) is 5.06. The topological polar surface area (TPSA) is 128 Å². The first-order valence-corrected chi connectivity index (χ1v) is 10.4. The number of benzene rings is 3. The van der Waals surface area contributed by atoms with Crippen LogP contribution in [0.2, 0.25) is 0 Å². The molecule has 9 nitrogen and oxygen atoms in total. The normalized spacial score (nSPS) is 11.4. The van der Waals surface area contributed by atoms with Crippen LogP contribution in [0.4, 0.5) is 11.4 Å². The van der Waals surface area contributed by atoms with Gasteiger partial charge in [0.05, 0.1) is 12.0 Å². The van der Waals surface area contributed by atoms with Gasteiger partial charge in [-0.3, -0.25) is 19.7 Å². The Labute approximate surface area is 196 Å². The lowest BCUT2D eigenvalue weighted by molar-refractivity contribution is -0.384. The van der Waals surface area contributed by atoms with E-state index in [0.717, 1.165) is 0 Å². The maximum absolute atomic E-state index is 13.0. The van der Waals surface area contributed by atoms with Crippen molar-refractivity contribution in [2.75, 3.05) is 12.4 Å². The van der Waals surface area contributed by atoms with Gasteiger partial charge in [0, 0.05) is 18.1 Å². The molecule has 0 aliphatic heterocycles. The summed E-state index contributed by atoms with van der Waals surface area (Å²) in [5.41, 5.74) is 1.52. The summed E-state index contributed by atoms with van der Waals surface area (Å²) in [5.74, 6) is -1.08. The smallest absolute Gasteiger partial charge is 0.307 e. The number of nitro benzene ring substituents is 1. The standard InChI is InChI=1S/C25H24N2O7/c1-16-8-11-19(20(14-16)27(31)32)26-25(30)24(18-6-4-3-5-7-18)34-23(29)13-10-17-9-12-22(33-2)21(28)15-17/h3-9,11-12,14-15,24,28H,10,13H2,1-2H3,(H,26,30). The van der Waals surface area contributed by atoms with Gasteiger partial charge < -0.3 is 19.9 Å². The number of hydrogen-bond donors (Lipinski definition) is 2. The fourth-order valence-electron chi connectivity index (χ4n) is 3.33. The number of phenols is 1. The van der Waals surface area contributed by atoms with Crippen molar-refractivity contribution >= 4 is 23.3 Å². The molecular weight excluding hydrogens is 440 g/mol. The summed E-state index contributed by atoms with van der Waals surface area (Å²) < 4.78 is 10.5. The molecule has 0 aliphatic rings. The molecule has 1 amide bonds. The summed E-state index contributed by atoms with van der Waals surface area (Å²) in [5, 5.41) is 23.8. The maximum atomic E-state index is 13.0. The van der Waals surface area contributed by atoms with Crippen molar-refractivity contribution in [2.24, 2.45) is 0 Å². The number of carbonyl (C=O) groups excluding carboxylic acids is 2. The van der Waals surface area contributed by atoms with E-state index in [9.17, 15) is 24.8 Å². The summed E-state index contributed by atoms with van der Waals surface area (Å²) in [7, 11) is 1.44. The zero-order valence-corrected chi connectivity index (χ0v) is 18.7. The van der Waals surface area contributed by atoms with Crippen molar-refractivity contribution in [1.29, 1.82) is 0 Å². The van der Waals surface area contributed by atoms with Gasteiger partial charge in [0.2, 0.25) is 6.10 Å². The molecule has 2 N–H and O–H groups in total. The number of nitro groups is 1. The quantitative estimate of drug-likeness (QED) is 0.272. The Morgan fingerprint density at radius 2 is 1.82 bits per heavy atom. The second-order valence-electron chi connectivity index (χ2n) is 7.55. The highest BCUT2D eigenvalue weighted by Crippen LogP contribution is 2.29. The molecule has 0 heterocycles. The van der Waals surface area contributed by atoms with Crippen LogP contribution < -0.4 is 10.1 Å². The van der Waals surface area contributed by atoms with Gasteiger partial charge >= 0.3 is 5.97 Å². The number of anilines is 1. The van der Waals surface area contributed by atoms with Crippen molar-refractivity contribution in [1.82, 2.24) is 0 Å². The lowest BCUT2D eigenvalue weighted by atomic mass is 10.1. The summed E-state index contributed by atoms with van der Waals surface area (Å²) in [4.78, 5) is 36.4. The lowest BCUT2D eigenvalue weighted by Gasteiger charge is -2.18. The molecule has 0 spiro atoms. The minimum absolute atomic E-state index is 0.00582. The molecule has 0 aliphatic carbocycles. The predicted octanol–water partition coefficient (Wildman–Crippen LogP) is 4.47. The van der Waals surface area contributed by atoms with Crippen LogP contribution in [-0.4, -0.2) is 29.0 Å². The minimum Gasteiger partial charge on any atom is -0.504 e. The highest BCUT2D eigenvalue weighted by Gasteiger charge is 2.27. The van der Waals surface area contributed by atoms with Gasteiger partial charge in [0.15, 0.2) is 11.5 Å². The molecule has 0 saturated heterocycles. The van der Waals surface area contributed by atoms with Crippen LogP contribution in [0.1, 0.15) is 29.2 Å². The van der Waals surface area contributed by atoms with Gasteiger partial charge in [0.25, 0.3) is 11.6 Å². The molecule has 3 rings (SSSR count). The lowest BCUT2D eigenvalue weighted by Crippen LogP contribution is -2.26. The van der Waals surface area contributed by atoms with Crippen molar-refractivity contribution < 1.29 is 29.1 Å². The van der Waals surface area contributed by atoms with Gasteiger partial charge in [-0.15, -0.1) is 0 Å². The van der Waals surface area contributed by atoms with E-state index in [4.69, 9.17) is 9.47 Å². The second-order valence-corrected chi connectivity index (χ2v) is 7.55. The van der Waals surface area contributed by atoms with E-state index in [1.165, 1.54) is 25.3 Å². The summed E-state index contributed by atoms with van der Waals surface area (Å²) in [6.07, 6.45) is -1.09. The molecule has 176 valence electrons. The van der Waals surface area contributed by atoms with Crippen molar-refractivity contribution in [3.8, 4) is 11.5 Å². The Morgan fingerprint density at radius 1 is 1.09 bits per heavy atom. The van der Waals surface area contributed by atoms with Crippen LogP contribution in [0.25, 0.3) is 0 Å². The number of phenolic OH excluding ortho intramolecular Hbond substituents is 1. The number of esters is 1. The van der Waals surface area contributed by atoms with Gasteiger partial charge in [-0.05, 0) is 42.7 Å². The van der Waals surface area contributed by atoms with Gasteiger partial charge in [-0.25, -0.2) is 0 Å². The molecule has 0 radical (unpaired) electrons. The van der Waals surface area contributed by atoms with Crippen molar-refractivity contribution in [3.63, 3.8) is 0 Å². The van der Waals surface area contributed by atoms with Crippen LogP contribution in [-0.2, 0) is 20.7 Å². The number of nitrogens with zero attached hydrogens (tertiary/aromatic N) is 1. The van der Waals surface area contributed by atoms with E-state index in [-0.39, 0.29) is 30.0 Å². The Hall–Kier alpha value is -4.40. The van der Waals surface area contributed by atoms with Crippen molar-refractivity contribution in [2.45, 2.75) is 25.9 Å². The highest BCUT2D eigenvalue weighted by molar-refractivity contribution is 5.97. The van der Waals surface area contributed by atoms with E-state index in [1.54, 1.807) is 55.5 Å². The SMILES string of the molecule is COc1ccc(CCC(=O)OC(C(=O)Nc2ccc(C)cc2[N+](=O)[O-])c2ccccc2)cc1O. The first kappa shape index (κ1) is 24.2. The van der Waals surface area contributed by atoms with Crippen LogP contribution >= 0.6 is 0 Å². The molecule has 0 saturated carbocycles. The molecular formula is C25H24N2O7. The van der Waals surface area contributed by atoms with Gasteiger partial charge in [-0.2, -0.15) is 0 Å².